The van der Waals surface area contributed by atoms with Crippen LogP contribution in [0.15, 0.2) is 0 Å². The average Bonchev–Trinajstić information content (AvgIpc) is 2.20. The van der Waals surface area contributed by atoms with Crippen molar-refractivity contribution >= 4 is 0 Å². The Morgan fingerprint density at radius 2 is 1.62 bits per heavy atom. The van der Waals surface area contributed by atoms with E-state index in [-0.39, 0.29) is 5.54 Å². The second kappa shape index (κ2) is 9.00. The molecule has 0 aliphatic rings. The molecule has 0 bridgehead atoms. The van der Waals surface area contributed by atoms with Crippen LogP contribution in [0.5, 0.6) is 0 Å². The second-order valence-corrected chi connectivity index (χ2v) is 5.67. The first kappa shape index (κ1) is 15.9. The zero-order valence-corrected chi connectivity index (χ0v) is 12.1. The molecule has 0 rings (SSSR count). The van der Waals surface area contributed by atoms with Crippen LogP contribution in [0.25, 0.3) is 0 Å². The van der Waals surface area contributed by atoms with Crippen molar-refractivity contribution in [3.05, 3.63) is 0 Å². The molecule has 2 nitrogen and oxygen atoms in total. The number of unbranched alkanes of at least 4 members (excludes halogenated alkanes) is 2. The summed E-state index contributed by atoms with van der Waals surface area (Å²) in [5.74, 6) is 0. The molecule has 0 aromatic rings. The number of nitrogens with one attached hydrogen (secondary N) is 1. The van der Waals surface area contributed by atoms with E-state index < -0.39 is 0 Å². The first-order chi connectivity index (χ1) is 7.49. The minimum atomic E-state index is 0.275. The lowest BCUT2D eigenvalue weighted by molar-refractivity contribution is 0.280. The first-order valence-electron chi connectivity index (χ1n) is 6.97. The summed E-state index contributed by atoms with van der Waals surface area (Å²) in [5, 5.41) is 3.54. The van der Waals surface area contributed by atoms with Gasteiger partial charge in [-0.3, -0.25) is 0 Å². The van der Waals surface area contributed by atoms with Crippen molar-refractivity contribution in [3.8, 4) is 0 Å². The molecule has 0 spiro atoms. The van der Waals surface area contributed by atoms with Crippen LogP contribution < -0.4 is 5.32 Å². The standard InChI is InChI=1S/C14H32N2/c1-6-12-16(7-2)13-10-8-9-11-15-14(3,4)5/h15H,6-13H2,1-5H3. The van der Waals surface area contributed by atoms with E-state index in [9.17, 15) is 0 Å². The van der Waals surface area contributed by atoms with Gasteiger partial charge in [0.15, 0.2) is 0 Å². The van der Waals surface area contributed by atoms with Gasteiger partial charge in [-0.2, -0.15) is 0 Å². The lowest BCUT2D eigenvalue weighted by Crippen LogP contribution is -2.36. The summed E-state index contributed by atoms with van der Waals surface area (Å²) in [6.07, 6.45) is 5.28. The van der Waals surface area contributed by atoms with E-state index in [4.69, 9.17) is 0 Å². The smallest absolute Gasteiger partial charge is 0.00965 e. The quantitative estimate of drug-likeness (QED) is 0.609. The average molecular weight is 228 g/mol. The first-order valence-corrected chi connectivity index (χ1v) is 6.97. The topological polar surface area (TPSA) is 15.3 Å². The largest absolute Gasteiger partial charge is 0.312 e. The molecule has 0 amide bonds. The molecule has 2 heteroatoms. The zero-order chi connectivity index (χ0) is 12.4. The van der Waals surface area contributed by atoms with Crippen LogP contribution in [0.1, 0.15) is 60.3 Å². The minimum absolute atomic E-state index is 0.275. The molecule has 0 aromatic heterocycles. The molecule has 98 valence electrons. The molecule has 16 heavy (non-hydrogen) atoms. The Kier molecular flexibility index (Phi) is 8.96. The van der Waals surface area contributed by atoms with Crippen LogP contribution in [0.4, 0.5) is 0 Å². The van der Waals surface area contributed by atoms with Gasteiger partial charge >= 0.3 is 0 Å². The van der Waals surface area contributed by atoms with Gasteiger partial charge in [-0.05, 0) is 66.2 Å². The fraction of sp³-hybridized carbons (Fsp3) is 1.00. The number of rotatable bonds is 9. The number of nitrogens with zero attached hydrogens (tertiary/aromatic N) is 1. The van der Waals surface area contributed by atoms with Crippen molar-refractivity contribution in [2.24, 2.45) is 0 Å². The summed E-state index contributed by atoms with van der Waals surface area (Å²) in [7, 11) is 0. The van der Waals surface area contributed by atoms with Gasteiger partial charge in [0, 0.05) is 5.54 Å². The Balaban J connectivity index is 3.32. The summed E-state index contributed by atoms with van der Waals surface area (Å²) < 4.78 is 0. The predicted octanol–water partition coefficient (Wildman–Crippen LogP) is 3.28. The molecular weight excluding hydrogens is 196 g/mol. The van der Waals surface area contributed by atoms with Gasteiger partial charge in [0.25, 0.3) is 0 Å². The predicted molar refractivity (Wildman–Crippen MR) is 74.0 cm³/mol. The molecule has 0 unspecified atom stereocenters. The molecule has 0 aromatic carbocycles. The van der Waals surface area contributed by atoms with Gasteiger partial charge in [-0.15, -0.1) is 0 Å². The molecular formula is C14H32N2. The number of hydrogen-bond donors (Lipinski definition) is 1. The fourth-order valence-corrected chi connectivity index (χ4v) is 1.84. The van der Waals surface area contributed by atoms with E-state index in [1.807, 2.05) is 0 Å². The van der Waals surface area contributed by atoms with Gasteiger partial charge in [-0.1, -0.05) is 20.3 Å². The van der Waals surface area contributed by atoms with E-state index in [0.29, 0.717) is 0 Å². The Morgan fingerprint density at radius 1 is 0.938 bits per heavy atom. The summed E-state index contributed by atoms with van der Waals surface area (Å²) >= 11 is 0. The van der Waals surface area contributed by atoms with Crippen LogP contribution >= 0.6 is 0 Å². The molecule has 0 aliphatic carbocycles. The van der Waals surface area contributed by atoms with E-state index in [1.165, 1.54) is 45.3 Å². The monoisotopic (exact) mass is 228 g/mol. The maximum absolute atomic E-state index is 3.54. The Bertz CT molecular complexity index is 149. The van der Waals surface area contributed by atoms with E-state index >= 15 is 0 Å². The molecule has 0 saturated heterocycles. The highest BCUT2D eigenvalue weighted by Crippen LogP contribution is 2.02. The molecule has 0 saturated carbocycles. The summed E-state index contributed by atoms with van der Waals surface area (Å²) in [4.78, 5) is 2.55. The van der Waals surface area contributed by atoms with Crippen molar-refractivity contribution in [3.63, 3.8) is 0 Å². The Labute approximate surface area is 103 Å². The second-order valence-electron chi connectivity index (χ2n) is 5.67. The third-order valence-corrected chi connectivity index (χ3v) is 2.79. The summed E-state index contributed by atoms with van der Waals surface area (Å²) in [5.41, 5.74) is 0.275. The van der Waals surface area contributed by atoms with Crippen LogP contribution in [-0.4, -0.2) is 36.6 Å². The highest BCUT2D eigenvalue weighted by Gasteiger charge is 2.07. The Hall–Kier alpha value is -0.0800. The molecule has 0 atom stereocenters. The third-order valence-electron chi connectivity index (χ3n) is 2.79. The van der Waals surface area contributed by atoms with Gasteiger partial charge in [0.05, 0.1) is 0 Å². The van der Waals surface area contributed by atoms with Crippen molar-refractivity contribution < 1.29 is 0 Å². The van der Waals surface area contributed by atoms with Crippen LogP contribution in [-0.2, 0) is 0 Å². The molecule has 0 heterocycles. The third kappa shape index (κ3) is 10.4. The normalized spacial score (nSPS) is 12.4. The van der Waals surface area contributed by atoms with Crippen molar-refractivity contribution in [2.45, 2.75) is 65.8 Å². The summed E-state index contributed by atoms with van der Waals surface area (Å²) in [6.45, 7) is 16.1. The SMILES string of the molecule is CCCN(CC)CCCCCNC(C)(C)C. The van der Waals surface area contributed by atoms with Crippen LogP contribution in [0.2, 0.25) is 0 Å². The lowest BCUT2D eigenvalue weighted by atomic mass is 10.1. The van der Waals surface area contributed by atoms with Crippen LogP contribution in [0.3, 0.4) is 0 Å². The van der Waals surface area contributed by atoms with E-state index in [0.717, 1.165) is 6.54 Å². The lowest BCUT2D eigenvalue weighted by Gasteiger charge is -2.21. The highest BCUT2D eigenvalue weighted by atomic mass is 15.1. The van der Waals surface area contributed by atoms with Gasteiger partial charge < -0.3 is 10.2 Å². The van der Waals surface area contributed by atoms with Crippen molar-refractivity contribution in [1.82, 2.24) is 10.2 Å². The minimum Gasteiger partial charge on any atom is -0.312 e. The van der Waals surface area contributed by atoms with Gasteiger partial charge in [0.1, 0.15) is 0 Å². The number of hydrogen-bond acceptors (Lipinski definition) is 2. The zero-order valence-electron chi connectivity index (χ0n) is 12.1. The van der Waals surface area contributed by atoms with E-state index in [1.54, 1.807) is 0 Å². The van der Waals surface area contributed by atoms with Gasteiger partial charge in [-0.25, -0.2) is 0 Å². The fourth-order valence-electron chi connectivity index (χ4n) is 1.84. The van der Waals surface area contributed by atoms with Crippen LogP contribution in [0, 0.1) is 0 Å². The highest BCUT2D eigenvalue weighted by molar-refractivity contribution is 4.69. The Morgan fingerprint density at radius 3 is 2.12 bits per heavy atom. The van der Waals surface area contributed by atoms with Gasteiger partial charge in [0.2, 0.25) is 0 Å². The van der Waals surface area contributed by atoms with Crippen molar-refractivity contribution in [1.29, 1.82) is 0 Å². The molecule has 0 aliphatic heterocycles. The molecule has 0 radical (unpaired) electrons. The van der Waals surface area contributed by atoms with Crippen molar-refractivity contribution in [2.75, 3.05) is 26.2 Å². The maximum atomic E-state index is 3.54. The maximum Gasteiger partial charge on any atom is 0.00965 e. The molecule has 1 N–H and O–H groups in total. The summed E-state index contributed by atoms with van der Waals surface area (Å²) in [6, 6.07) is 0. The molecule has 0 fully saturated rings. The van der Waals surface area contributed by atoms with E-state index in [2.05, 4.69) is 44.8 Å².